The number of aromatic nitrogens is 2. The highest BCUT2D eigenvalue weighted by atomic mass is 16.5. The molecule has 24 heavy (non-hydrogen) atoms. The Morgan fingerprint density at radius 3 is 2.42 bits per heavy atom. The van der Waals surface area contributed by atoms with Crippen molar-refractivity contribution in [1.29, 1.82) is 0 Å². The van der Waals surface area contributed by atoms with E-state index in [0.717, 1.165) is 32.9 Å². The SMILES string of the molecule is Cc1cc(=O)n(CCN)c2c3c4c(cc12)c(C)cc(=O)n4CCO3. The normalized spacial score (nSPS) is 13.5. The maximum atomic E-state index is 12.5. The number of fused-ring (bicyclic) bond motifs is 2. The summed E-state index contributed by atoms with van der Waals surface area (Å²) < 4.78 is 9.34. The van der Waals surface area contributed by atoms with Gasteiger partial charge in [0.25, 0.3) is 11.1 Å². The third-order valence-electron chi connectivity index (χ3n) is 4.74. The highest BCUT2D eigenvalue weighted by Gasteiger charge is 2.22. The molecule has 0 radical (unpaired) electrons. The van der Waals surface area contributed by atoms with E-state index in [-0.39, 0.29) is 11.1 Å². The number of nitrogens with two attached hydrogens (primary N) is 1. The van der Waals surface area contributed by atoms with E-state index < -0.39 is 0 Å². The van der Waals surface area contributed by atoms with Gasteiger partial charge < -0.3 is 19.6 Å². The fourth-order valence-corrected chi connectivity index (χ4v) is 3.63. The lowest BCUT2D eigenvalue weighted by atomic mass is 10.0. The summed E-state index contributed by atoms with van der Waals surface area (Å²) in [5, 5.41) is 1.94. The molecular weight excluding hydrogens is 306 g/mol. The van der Waals surface area contributed by atoms with E-state index in [1.807, 2.05) is 13.8 Å². The highest BCUT2D eigenvalue weighted by Crippen LogP contribution is 2.37. The zero-order valence-corrected chi connectivity index (χ0v) is 13.8. The molecule has 6 heteroatoms. The first-order valence-corrected chi connectivity index (χ1v) is 8.07. The van der Waals surface area contributed by atoms with Crippen molar-refractivity contribution in [3.05, 3.63) is 50.0 Å². The van der Waals surface area contributed by atoms with Crippen LogP contribution in [0.25, 0.3) is 21.8 Å². The lowest BCUT2D eigenvalue weighted by molar-refractivity contribution is 0.286. The molecule has 1 aromatic carbocycles. The summed E-state index contributed by atoms with van der Waals surface area (Å²) in [4.78, 5) is 24.8. The van der Waals surface area contributed by atoms with Crippen molar-refractivity contribution >= 4 is 21.8 Å². The fraction of sp³-hybridized carbons (Fsp3) is 0.333. The molecule has 2 N–H and O–H groups in total. The van der Waals surface area contributed by atoms with Crippen LogP contribution in [-0.2, 0) is 13.1 Å². The quantitative estimate of drug-likeness (QED) is 0.720. The van der Waals surface area contributed by atoms with Crippen molar-refractivity contribution in [2.45, 2.75) is 26.9 Å². The lowest BCUT2D eigenvalue weighted by Gasteiger charge is -2.24. The number of hydrogen-bond acceptors (Lipinski definition) is 4. The maximum absolute atomic E-state index is 12.5. The lowest BCUT2D eigenvalue weighted by Crippen LogP contribution is -2.29. The van der Waals surface area contributed by atoms with Gasteiger partial charge in [0.1, 0.15) is 6.61 Å². The molecule has 6 nitrogen and oxygen atoms in total. The summed E-state index contributed by atoms with van der Waals surface area (Å²) in [6, 6.07) is 5.34. The molecule has 3 aromatic rings. The van der Waals surface area contributed by atoms with Crippen LogP contribution in [0.3, 0.4) is 0 Å². The van der Waals surface area contributed by atoms with E-state index in [9.17, 15) is 9.59 Å². The number of pyridine rings is 2. The number of ether oxygens (including phenoxy) is 1. The first-order chi connectivity index (χ1) is 11.5. The molecule has 1 aliphatic heterocycles. The molecule has 124 valence electrons. The Hall–Kier alpha value is -2.60. The minimum atomic E-state index is -0.100. The molecule has 3 heterocycles. The topological polar surface area (TPSA) is 79.3 Å². The van der Waals surface area contributed by atoms with E-state index in [4.69, 9.17) is 10.5 Å². The Labute approximate surface area is 138 Å². The van der Waals surface area contributed by atoms with Crippen LogP contribution in [0, 0.1) is 13.8 Å². The van der Waals surface area contributed by atoms with Crippen molar-refractivity contribution in [1.82, 2.24) is 9.13 Å². The van der Waals surface area contributed by atoms with Crippen molar-refractivity contribution in [3.8, 4) is 5.75 Å². The van der Waals surface area contributed by atoms with E-state index in [0.29, 0.717) is 32.0 Å². The summed E-state index contributed by atoms with van der Waals surface area (Å²) in [5.74, 6) is 0.615. The Morgan fingerprint density at radius 2 is 1.71 bits per heavy atom. The van der Waals surface area contributed by atoms with Crippen molar-refractivity contribution in [2.75, 3.05) is 13.2 Å². The van der Waals surface area contributed by atoms with Gasteiger partial charge in [0.15, 0.2) is 5.75 Å². The predicted molar refractivity (Wildman–Crippen MR) is 94.0 cm³/mol. The molecule has 0 spiro atoms. The van der Waals surface area contributed by atoms with Crippen molar-refractivity contribution < 1.29 is 4.74 Å². The van der Waals surface area contributed by atoms with Crippen LogP contribution in [0.15, 0.2) is 27.8 Å². The summed E-state index contributed by atoms with van der Waals surface area (Å²) in [6.07, 6.45) is 0. The second-order valence-electron chi connectivity index (χ2n) is 6.27. The van der Waals surface area contributed by atoms with Gasteiger partial charge in [-0.15, -0.1) is 0 Å². The third-order valence-corrected chi connectivity index (χ3v) is 4.74. The standard InChI is InChI=1S/C18H19N3O3/c1-10-7-14(22)20(4-3-19)16-12(10)9-13-11(2)8-15(23)21-5-6-24-18(16)17(13)21/h7-9H,3-6,19H2,1-2H3. The van der Waals surface area contributed by atoms with Gasteiger partial charge in [0.05, 0.1) is 17.6 Å². The smallest absolute Gasteiger partial charge is 0.251 e. The molecule has 0 aliphatic carbocycles. The van der Waals surface area contributed by atoms with Crippen LogP contribution in [0.2, 0.25) is 0 Å². The van der Waals surface area contributed by atoms with Gasteiger partial charge in [0, 0.05) is 36.0 Å². The Bertz CT molecular complexity index is 1110. The Balaban J connectivity index is 2.33. The second kappa shape index (κ2) is 5.21. The summed E-state index contributed by atoms with van der Waals surface area (Å²) in [6.45, 7) is 5.54. The number of aryl methyl sites for hydroxylation is 2. The third kappa shape index (κ3) is 1.93. The van der Waals surface area contributed by atoms with E-state index in [1.54, 1.807) is 21.3 Å². The first-order valence-electron chi connectivity index (χ1n) is 8.07. The van der Waals surface area contributed by atoms with Gasteiger partial charge in [-0.1, -0.05) is 0 Å². The van der Waals surface area contributed by atoms with Gasteiger partial charge in [-0.2, -0.15) is 0 Å². The van der Waals surface area contributed by atoms with Crippen LogP contribution < -0.4 is 21.6 Å². The minimum absolute atomic E-state index is 0.0377. The zero-order chi connectivity index (χ0) is 17.0. The van der Waals surface area contributed by atoms with E-state index in [2.05, 4.69) is 6.07 Å². The minimum Gasteiger partial charge on any atom is -0.487 e. The van der Waals surface area contributed by atoms with Crippen LogP contribution >= 0.6 is 0 Å². The Morgan fingerprint density at radius 1 is 1.04 bits per heavy atom. The molecule has 0 amide bonds. The molecule has 1 aliphatic rings. The molecular formula is C18H19N3O3. The van der Waals surface area contributed by atoms with Crippen molar-refractivity contribution in [2.24, 2.45) is 5.73 Å². The number of rotatable bonds is 2. The van der Waals surface area contributed by atoms with Crippen LogP contribution in [-0.4, -0.2) is 22.3 Å². The monoisotopic (exact) mass is 325 g/mol. The van der Waals surface area contributed by atoms with Gasteiger partial charge >= 0.3 is 0 Å². The molecule has 4 rings (SSSR count). The molecule has 0 atom stereocenters. The van der Waals surface area contributed by atoms with Gasteiger partial charge in [-0.25, -0.2) is 0 Å². The average molecular weight is 325 g/mol. The number of benzene rings is 1. The Kier molecular flexibility index (Phi) is 3.25. The van der Waals surface area contributed by atoms with Gasteiger partial charge in [-0.3, -0.25) is 9.59 Å². The molecule has 0 bridgehead atoms. The van der Waals surface area contributed by atoms with E-state index >= 15 is 0 Å². The van der Waals surface area contributed by atoms with Gasteiger partial charge in [-0.05, 0) is 31.0 Å². The van der Waals surface area contributed by atoms with Gasteiger partial charge in [0.2, 0.25) is 0 Å². The first kappa shape index (κ1) is 15.0. The molecule has 0 saturated carbocycles. The molecule has 2 aromatic heterocycles. The average Bonchev–Trinajstić information content (AvgIpc) is 2.55. The maximum Gasteiger partial charge on any atom is 0.251 e. The molecule has 0 unspecified atom stereocenters. The summed E-state index contributed by atoms with van der Waals surface area (Å²) in [5.41, 5.74) is 8.88. The fourth-order valence-electron chi connectivity index (χ4n) is 3.63. The van der Waals surface area contributed by atoms with Crippen molar-refractivity contribution in [3.63, 3.8) is 0 Å². The van der Waals surface area contributed by atoms with Crippen LogP contribution in [0.5, 0.6) is 5.75 Å². The summed E-state index contributed by atoms with van der Waals surface area (Å²) in [7, 11) is 0. The number of nitrogens with zero attached hydrogens (tertiary/aromatic N) is 2. The van der Waals surface area contributed by atoms with E-state index in [1.165, 1.54) is 0 Å². The number of hydrogen-bond donors (Lipinski definition) is 1. The van der Waals surface area contributed by atoms with Crippen LogP contribution in [0.1, 0.15) is 11.1 Å². The molecule has 0 saturated heterocycles. The molecule has 0 fully saturated rings. The summed E-state index contributed by atoms with van der Waals surface area (Å²) >= 11 is 0. The zero-order valence-electron chi connectivity index (χ0n) is 13.8. The highest BCUT2D eigenvalue weighted by molar-refractivity contribution is 6.04. The predicted octanol–water partition coefficient (Wildman–Crippen LogP) is 1.28. The largest absolute Gasteiger partial charge is 0.487 e. The second-order valence-corrected chi connectivity index (χ2v) is 6.27. The van der Waals surface area contributed by atoms with Crippen LogP contribution in [0.4, 0.5) is 0 Å².